The van der Waals surface area contributed by atoms with Gasteiger partial charge in [0.2, 0.25) is 5.96 Å². The summed E-state index contributed by atoms with van der Waals surface area (Å²) in [4.78, 5) is 18.9. The Balaban J connectivity index is 2.69. The van der Waals surface area contributed by atoms with E-state index in [4.69, 9.17) is 17.0 Å². The number of methoxy groups -OCH3 is 1. The molecule has 7 heteroatoms. The van der Waals surface area contributed by atoms with Gasteiger partial charge in [-0.3, -0.25) is 4.90 Å². The van der Waals surface area contributed by atoms with Gasteiger partial charge in [0.05, 0.1) is 7.11 Å². The average Bonchev–Trinajstić information content (AvgIpc) is 2.44. The molecule has 1 fully saturated rings. The van der Waals surface area contributed by atoms with Gasteiger partial charge in [-0.2, -0.15) is 4.99 Å². The van der Waals surface area contributed by atoms with Gasteiger partial charge in [0, 0.05) is 27.2 Å². The van der Waals surface area contributed by atoms with Crippen molar-refractivity contribution in [1.29, 1.82) is 0 Å². The number of carbonyl (C=O) groups is 1. The molecule has 0 aromatic carbocycles. The molecule has 0 radical (unpaired) electrons. The zero-order chi connectivity index (χ0) is 15.1. The maximum atomic E-state index is 11.6. The van der Waals surface area contributed by atoms with Crippen molar-refractivity contribution in [3.05, 3.63) is 0 Å². The van der Waals surface area contributed by atoms with E-state index in [0.717, 1.165) is 12.8 Å². The van der Waals surface area contributed by atoms with Crippen LogP contribution in [0.25, 0.3) is 0 Å². The number of thiocarbonyl (C=S) groups is 1. The van der Waals surface area contributed by atoms with Crippen LogP contribution in [-0.4, -0.2) is 61.3 Å². The zero-order valence-corrected chi connectivity index (χ0v) is 13.5. The second-order valence-electron chi connectivity index (χ2n) is 5.12. The molecule has 1 amide bonds. The fraction of sp³-hybridized carbons (Fsp3) is 0.769. The maximum absolute atomic E-state index is 11.6. The van der Waals surface area contributed by atoms with Crippen LogP contribution in [0.1, 0.15) is 32.1 Å². The molecule has 1 N–H and O–H groups in total. The molecule has 0 aromatic rings. The summed E-state index contributed by atoms with van der Waals surface area (Å²) in [6.07, 6.45) is 5.53. The fourth-order valence-electron chi connectivity index (χ4n) is 2.24. The van der Waals surface area contributed by atoms with Gasteiger partial charge in [0.25, 0.3) is 0 Å². The van der Waals surface area contributed by atoms with Crippen LogP contribution in [-0.2, 0) is 4.74 Å². The average molecular weight is 300 g/mol. The minimum Gasteiger partial charge on any atom is -0.452 e. The second kappa shape index (κ2) is 8.04. The first kappa shape index (κ1) is 16.7. The summed E-state index contributed by atoms with van der Waals surface area (Å²) in [5.74, 6) is 0.449. The van der Waals surface area contributed by atoms with Crippen LogP contribution >= 0.6 is 12.2 Å². The Kier molecular flexibility index (Phi) is 6.70. The fourth-order valence-corrected chi connectivity index (χ4v) is 2.49. The van der Waals surface area contributed by atoms with E-state index in [1.807, 2.05) is 14.1 Å². The van der Waals surface area contributed by atoms with Crippen molar-refractivity contribution >= 4 is 29.4 Å². The number of aliphatic imine (C=N–C) groups is 1. The minimum absolute atomic E-state index is 0.395. The lowest BCUT2D eigenvalue weighted by Gasteiger charge is -2.26. The lowest BCUT2D eigenvalue weighted by molar-refractivity contribution is 0.149. The SMILES string of the molecule is COC(=O)N(C)/C(=N/C(=S)NC1CCCCC1)N(C)C. The van der Waals surface area contributed by atoms with Gasteiger partial charge >= 0.3 is 6.09 Å². The van der Waals surface area contributed by atoms with E-state index in [9.17, 15) is 4.79 Å². The lowest BCUT2D eigenvalue weighted by atomic mass is 9.96. The number of hydrogen-bond donors (Lipinski definition) is 1. The van der Waals surface area contributed by atoms with Crippen molar-refractivity contribution in [3.63, 3.8) is 0 Å². The van der Waals surface area contributed by atoms with Crippen molar-refractivity contribution in [2.45, 2.75) is 38.1 Å². The van der Waals surface area contributed by atoms with Crippen LogP contribution in [0.4, 0.5) is 4.79 Å². The summed E-state index contributed by atoms with van der Waals surface area (Å²) in [7, 11) is 6.56. The molecule has 0 bridgehead atoms. The predicted octanol–water partition coefficient (Wildman–Crippen LogP) is 1.81. The van der Waals surface area contributed by atoms with Gasteiger partial charge in [-0.25, -0.2) is 4.79 Å². The highest BCUT2D eigenvalue weighted by molar-refractivity contribution is 7.80. The first-order chi connectivity index (χ1) is 9.45. The van der Waals surface area contributed by atoms with Crippen LogP contribution in [0.2, 0.25) is 0 Å². The smallest absolute Gasteiger partial charge is 0.416 e. The number of rotatable bonds is 1. The Hall–Kier alpha value is -1.37. The largest absolute Gasteiger partial charge is 0.452 e. The Labute approximate surface area is 126 Å². The normalized spacial score (nSPS) is 16.5. The molecule has 0 spiro atoms. The summed E-state index contributed by atoms with van der Waals surface area (Å²) < 4.78 is 4.69. The van der Waals surface area contributed by atoms with Crippen molar-refractivity contribution in [2.75, 3.05) is 28.3 Å². The molecule has 0 aliphatic heterocycles. The molecule has 20 heavy (non-hydrogen) atoms. The molecular weight excluding hydrogens is 276 g/mol. The summed E-state index contributed by atoms with van der Waals surface area (Å²) in [6.45, 7) is 0. The molecular formula is C13H24N4O2S. The van der Waals surface area contributed by atoms with Gasteiger partial charge < -0.3 is 15.0 Å². The topological polar surface area (TPSA) is 57.2 Å². The van der Waals surface area contributed by atoms with Gasteiger partial charge in [-0.1, -0.05) is 19.3 Å². The van der Waals surface area contributed by atoms with Crippen molar-refractivity contribution < 1.29 is 9.53 Å². The summed E-state index contributed by atoms with van der Waals surface area (Å²) in [6, 6.07) is 0.395. The van der Waals surface area contributed by atoms with Crippen molar-refractivity contribution in [1.82, 2.24) is 15.1 Å². The molecule has 0 unspecified atom stereocenters. The molecule has 0 heterocycles. The summed E-state index contributed by atoms with van der Waals surface area (Å²) in [5.41, 5.74) is 0. The highest BCUT2D eigenvalue weighted by Gasteiger charge is 2.19. The molecule has 0 atom stereocenters. The molecule has 1 saturated carbocycles. The third kappa shape index (κ3) is 4.96. The monoisotopic (exact) mass is 300 g/mol. The van der Waals surface area contributed by atoms with E-state index in [1.54, 1.807) is 11.9 Å². The van der Waals surface area contributed by atoms with E-state index in [2.05, 4.69) is 10.3 Å². The number of amides is 1. The number of nitrogens with one attached hydrogen (secondary N) is 1. The number of hydrogen-bond acceptors (Lipinski definition) is 3. The molecule has 114 valence electrons. The van der Waals surface area contributed by atoms with Gasteiger partial charge in [-0.05, 0) is 25.1 Å². The third-order valence-electron chi connectivity index (χ3n) is 3.28. The Morgan fingerprint density at radius 3 is 2.35 bits per heavy atom. The van der Waals surface area contributed by atoms with Crippen LogP contribution in [0.3, 0.4) is 0 Å². The molecule has 0 aromatic heterocycles. The molecule has 0 saturated heterocycles. The first-order valence-electron chi connectivity index (χ1n) is 6.84. The third-order valence-corrected chi connectivity index (χ3v) is 3.49. The summed E-state index contributed by atoms with van der Waals surface area (Å²) in [5, 5.41) is 3.67. The Morgan fingerprint density at radius 2 is 1.85 bits per heavy atom. The lowest BCUT2D eigenvalue weighted by Crippen LogP contribution is -2.44. The van der Waals surface area contributed by atoms with Crippen molar-refractivity contribution in [3.8, 4) is 0 Å². The molecule has 1 rings (SSSR count). The Bertz CT molecular complexity index is 379. The summed E-state index contributed by atoms with van der Waals surface area (Å²) >= 11 is 5.27. The maximum Gasteiger partial charge on any atom is 0.416 e. The number of carbonyl (C=O) groups excluding carboxylic acids is 1. The van der Waals surface area contributed by atoms with E-state index in [0.29, 0.717) is 17.1 Å². The van der Waals surface area contributed by atoms with E-state index in [-0.39, 0.29) is 0 Å². The van der Waals surface area contributed by atoms with E-state index >= 15 is 0 Å². The second-order valence-corrected chi connectivity index (χ2v) is 5.51. The van der Waals surface area contributed by atoms with Crippen LogP contribution in [0, 0.1) is 0 Å². The van der Waals surface area contributed by atoms with Crippen molar-refractivity contribution in [2.24, 2.45) is 4.99 Å². The molecule has 1 aliphatic carbocycles. The Morgan fingerprint density at radius 1 is 1.25 bits per heavy atom. The molecule has 6 nitrogen and oxygen atoms in total. The standard InChI is InChI=1S/C13H24N4O2S/c1-16(2)12(17(3)13(18)19-4)15-11(20)14-10-8-6-5-7-9-10/h10H,5-9H2,1-4H3,(H,14,20)/b15-12+. The minimum atomic E-state index is -0.474. The van der Waals surface area contributed by atoms with E-state index < -0.39 is 6.09 Å². The number of ether oxygens (including phenoxy) is 1. The predicted molar refractivity (Wildman–Crippen MR) is 83.9 cm³/mol. The quantitative estimate of drug-likeness (QED) is 0.455. The highest BCUT2D eigenvalue weighted by Crippen LogP contribution is 2.17. The van der Waals surface area contributed by atoms with E-state index in [1.165, 1.54) is 31.3 Å². The highest BCUT2D eigenvalue weighted by atomic mass is 32.1. The first-order valence-corrected chi connectivity index (χ1v) is 7.24. The van der Waals surface area contributed by atoms with Gasteiger partial charge in [-0.15, -0.1) is 0 Å². The van der Waals surface area contributed by atoms with Crippen LogP contribution in [0.5, 0.6) is 0 Å². The number of nitrogens with zero attached hydrogens (tertiary/aromatic N) is 3. The van der Waals surface area contributed by atoms with Gasteiger partial charge in [0.1, 0.15) is 0 Å². The van der Waals surface area contributed by atoms with Crippen LogP contribution in [0.15, 0.2) is 4.99 Å². The zero-order valence-electron chi connectivity index (χ0n) is 12.7. The van der Waals surface area contributed by atoms with Crippen LogP contribution < -0.4 is 5.32 Å². The molecule has 1 aliphatic rings. The van der Waals surface area contributed by atoms with Gasteiger partial charge in [0.15, 0.2) is 5.11 Å². The number of guanidine groups is 1.